The third-order valence-electron chi connectivity index (χ3n) is 4.67. The molecule has 1 aliphatic rings. The van der Waals surface area contributed by atoms with E-state index >= 15 is 0 Å². The van der Waals surface area contributed by atoms with Crippen LogP contribution in [0.2, 0.25) is 0 Å². The lowest BCUT2D eigenvalue weighted by atomic mass is 9.80. The fourth-order valence-electron chi connectivity index (χ4n) is 2.79. The number of hydrogen-bond donors (Lipinski definition) is 1. The van der Waals surface area contributed by atoms with Crippen LogP contribution in [0.4, 0.5) is 0 Å². The van der Waals surface area contributed by atoms with E-state index in [1.54, 1.807) is 0 Å². The van der Waals surface area contributed by atoms with Gasteiger partial charge < -0.3 is 10.1 Å². The normalized spacial score (nSPS) is 32.2. The van der Waals surface area contributed by atoms with Gasteiger partial charge in [0.1, 0.15) is 0 Å². The van der Waals surface area contributed by atoms with Gasteiger partial charge in [-0.3, -0.25) is 0 Å². The van der Waals surface area contributed by atoms with Crippen molar-refractivity contribution in [1.82, 2.24) is 5.32 Å². The second-order valence-corrected chi connectivity index (χ2v) is 6.49. The lowest BCUT2D eigenvalue weighted by Gasteiger charge is -2.39. The first-order valence-corrected chi connectivity index (χ1v) is 7.89. The molecule has 2 heteroatoms. The molecule has 4 unspecified atom stereocenters. The Morgan fingerprint density at radius 3 is 2.44 bits per heavy atom. The lowest BCUT2D eigenvalue weighted by molar-refractivity contribution is -0.106. The summed E-state index contributed by atoms with van der Waals surface area (Å²) < 4.78 is 6.43. The minimum Gasteiger partial charge on any atom is -0.371 e. The monoisotopic (exact) mass is 255 g/mol. The first-order valence-electron chi connectivity index (χ1n) is 7.89. The standard InChI is InChI=1S/C16H33NO/c1-6-10-17-12-16(5,7-2)18-15-9-8-13(3)14(4)11-15/h13-15,17H,6-12H2,1-5H3. The number of ether oxygens (including phenoxy) is 1. The third kappa shape index (κ3) is 4.89. The van der Waals surface area contributed by atoms with Crippen LogP contribution in [0.1, 0.15) is 66.7 Å². The first-order chi connectivity index (χ1) is 8.50. The molecule has 0 radical (unpaired) electrons. The molecular formula is C16H33NO. The molecular weight excluding hydrogens is 222 g/mol. The van der Waals surface area contributed by atoms with Crippen molar-refractivity contribution < 1.29 is 4.74 Å². The average Bonchev–Trinajstić information content (AvgIpc) is 2.34. The molecule has 4 atom stereocenters. The Balaban J connectivity index is 2.41. The number of rotatable bonds is 7. The molecule has 0 aromatic carbocycles. The fourth-order valence-corrected chi connectivity index (χ4v) is 2.79. The van der Waals surface area contributed by atoms with Gasteiger partial charge in [0.2, 0.25) is 0 Å². The largest absolute Gasteiger partial charge is 0.371 e. The second kappa shape index (κ2) is 7.49. The Bertz CT molecular complexity index is 231. The molecule has 0 heterocycles. The van der Waals surface area contributed by atoms with Crippen molar-refractivity contribution in [1.29, 1.82) is 0 Å². The van der Waals surface area contributed by atoms with Gasteiger partial charge in [-0.25, -0.2) is 0 Å². The summed E-state index contributed by atoms with van der Waals surface area (Å²) in [6.07, 6.45) is 6.57. The molecule has 0 aliphatic heterocycles. The number of hydrogen-bond acceptors (Lipinski definition) is 2. The van der Waals surface area contributed by atoms with E-state index in [1.807, 2.05) is 0 Å². The van der Waals surface area contributed by atoms with Crippen LogP contribution in [0.25, 0.3) is 0 Å². The molecule has 18 heavy (non-hydrogen) atoms. The maximum absolute atomic E-state index is 6.43. The van der Waals surface area contributed by atoms with Gasteiger partial charge in [0.15, 0.2) is 0 Å². The molecule has 0 amide bonds. The van der Waals surface area contributed by atoms with Gasteiger partial charge in [-0.1, -0.05) is 27.7 Å². The fraction of sp³-hybridized carbons (Fsp3) is 1.00. The van der Waals surface area contributed by atoms with Crippen LogP contribution in [0.3, 0.4) is 0 Å². The zero-order valence-corrected chi connectivity index (χ0v) is 13.1. The van der Waals surface area contributed by atoms with Crippen LogP contribution >= 0.6 is 0 Å². The van der Waals surface area contributed by atoms with Gasteiger partial charge in [-0.2, -0.15) is 0 Å². The topological polar surface area (TPSA) is 21.3 Å². The minimum absolute atomic E-state index is 0.0140. The summed E-state index contributed by atoms with van der Waals surface area (Å²) in [6.45, 7) is 13.5. The van der Waals surface area contributed by atoms with Crippen molar-refractivity contribution in [2.24, 2.45) is 11.8 Å². The third-order valence-corrected chi connectivity index (χ3v) is 4.67. The van der Waals surface area contributed by atoms with E-state index < -0.39 is 0 Å². The van der Waals surface area contributed by atoms with E-state index in [0.29, 0.717) is 6.10 Å². The SMILES string of the molecule is CCCNCC(C)(CC)OC1CCC(C)C(C)C1. The molecule has 1 aliphatic carbocycles. The highest BCUT2D eigenvalue weighted by Gasteiger charge is 2.31. The number of nitrogens with one attached hydrogen (secondary N) is 1. The molecule has 1 fully saturated rings. The lowest BCUT2D eigenvalue weighted by Crippen LogP contribution is -2.44. The van der Waals surface area contributed by atoms with Crippen molar-refractivity contribution in [3.63, 3.8) is 0 Å². The van der Waals surface area contributed by atoms with E-state index in [0.717, 1.165) is 31.3 Å². The van der Waals surface area contributed by atoms with E-state index in [-0.39, 0.29) is 5.60 Å². The van der Waals surface area contributed by atoms with Crippen LogP contribution in [0.5, 0.6) is 0 Å². The van der Waals surface area contributed by atoms with Crippen molar-refractivity contribution in [2.45, 2.75) is 78.4 Å². The summed E-state index contributed by atoms with van der Waals surface area (Å²) in [5.74, 6) is 1.68. The maximum atomic E-state index is 6.43. The average molecular weight is 255 g/mol. The van der Waals surface area contributed by atoms with E-state index in [9.17, 15) is 0 Å². The highest BCUT2D eigenvalue weighted by atomic mass is 16.5. The zero-order chi connectivity index (χ0) is 13.6. The summed E-state index contributed by atoms with van der Waals surface area (Å²) in [7, 11) is 0. The molecule has 0 saturated heterocycles. The van der Waals surface area contributed by atoms with E-state index in [1.165, 1.54) is 25.7 Å². The predicted molar refractivity (Wildman–Crippen MR) is 78.9 cm³/mol. The Labute approximate surface area is 114 Å². The van der Waals surface area contributed by atoms with Crippen LogP contribution in [-0.2, 0) is 4.74 Å². The maximum Gasteiger partial charge on any atom is 0.0779 e. The molecule has 0 bridgehead atoms. The second-order valence-electron chi connectivity index (χ2n) is 6.49. The van der Waals surface area contributed by atoms with E-state index in [4.69, 9.17) is 4.74 Å². The van der Waals surface area contributed by atoms with Crippen molar-refractivity contribution >= 4 is 0 Å². The summed E-state index contributed by atoms with van der Waals surface area (Å²) in [5, 5.41) is 3.51. The summed E-state index contributed by atoms with van der Waals surface area (Å²) in [4.78, 5) is 0. The van der Waals surface area contributed by atoms with E-state index in [2.05, 4.69) is 39.9 Å². The van der Waals surface area contributed by atoms with Gasteiger partial charge in [0.25, 0.3) is 0 Å². The summed E-state index contributed by atoms with van der Waals surface area (Å²) >= 11 is 0. The molecule has 108 valence electrons. The van der Waals surface area contributed by atoms with Gasteiger partial charge in [-0.05, 0) is 57.4 Å². The molecule has 0 spiro atoms. The predicted octanol–water partition coefficient (Wildman–Crippen LogP) is 4.00. The van der Waals surface area contributed by atoms with Crippen molar-refractivity contribution in [3.05, 3.63) is 0 Å². The minimum atomic E-state index is 0.0140. The Morgan fingerprint density at radius 1 is 1.17 bits per heavy atom. The molecule has 2 nitrogen and oxygen atoms in total. The summed E-state index contributed by atoms with van der Waals surface area (Å²) in [6, 6.07) is 0. The molecule has 1 saturated carbocycles. The molecule has 0 aromatic heterocycles. The molecule has 1 N–H and O–H groups in total. The van der Waals surface area contributed by atoms with Gasteiger partial charge in [0.05, 0.1) is 11.7 Å². The van der Waals surface area contributed by atoms with Crippen LogP contribution in [-0.4, -0.2) is 24.8 Å². The quantitative estimate of drug-likeness (QED) is 0.694. The zero-order valence-electron chi connectivity index (χ0n) is 13.1. The summed E-state index contributed by atoms with van der Waals surface area (Å²) in [5.41, 5.74) is 0.0140. The van der Waals surface area contributed by atoms with Crippen molar-refractivity contribution in [2.75, 3.05) is 13.1 Å². The smallest absolute Gasteiger partial charge is 0.0779 e. The van der Waals surface area contributed by atoms with Crippen LogP contribution in [0.15, 0.2) is 0 Å². The highest BCUT2D eigenvalue weighted by Crippen LogP contribution is 2.33. The van der Waals surface area contributed by atoms with Crippen LogP contribution < -0.4 is 5.32 Å². The van der Waals surface area contributed by atoms with Gasteiger partial charge in [0, 0.05) is 6.54 Å². The Morgan fingerprint density at radius 2 is 1.89 bits per heavy atom. The van der Waals surface area contributed by atoms with Crippen molar-refractivity contribution in [3.8, 4) is 0 Å². The highest BCUT2D eigenvalue weighted by molar-refractivity contribution is 4.82. The molecule has 1 rings (SSSR count). The Kier molecular flexibility index (Phi) is 6.65. The van der Waals surface area contributed by atoms with Gasteiger partial charge >= 0.3 is 0 Å². The Hall–Kier alpha value is -0.0800. The van der Waals surface area contributed by atoms with Crippen LogP contribution in [0, 0.1) is 11.8 Å². The molecule has 0 aromatic rings. The first kappa shape index (κ1) is 16.0. The van der Waals surface area contributed by atoms with Gasteiger partial charge in [-0.15, -0.1) is 0 Å².